The number of hydrogen-bond acceptors (Lipinski definition) is 5. The van der Waals surface area contributed by atoms with E-state index >= 15 is 0 Å². The van der Waals surface area contributed by atoms with Crippen LogP contribution in [0.5, 0.6) is 0 Å². The number of rotatable bonds is 6. The number of nitrogens with two attached hydrogens (primary N) is 1. The number of hydrogen-bond donors (Lipinski definition) is 1. The molecule has 17 heavy (non-hydrogen) atoms. The molecule has 0 saturated heterocycles. The van der Waals surface area contributed by atoms with Gasteiger partial charge in [-0.1, -0.05) is 0 Å². The molecule has 1 aromatic heterocycles. The van der Waals surface area contributed by atoms with Crippen molar-refractivity contribution in [3.63, 3.8) is 0 Å². The Morgan fingerprint density at radius 2 is 2.29 bits per heavy atom. The summed E-state index contributed by atoms with van der Waals surface area (Å²) in [5.74, 6) is 0.0540. The lowest BCUT2D eigenvalue weighted by Gasteiger charge is -2.22. The van der Waals surface area contributed by atoms with Crippen molar-refractivity contribution in [2.45, 2.75) is 32.4 Å². The van der Waals surface area contributed by atoms with E-state index in [1.54, 1.807) is 19.4 Å². The second-order valence-electron chi connectivity index (χ2n) is 4.37. The Morgan fingerprint density at radius 1 is 1.59 bits per heavy atom. The molecule has 96 valence electrons. The zero-order valence-electron chi connectivity index (χ0n) is 10.5. The summed E-state index contributed by atoms with van der Waals surface area (Å²) in [7, 11) is 1.63. The van der Waals surface area contributed by atoms with E-state index in [0.29, 0.717) is 18.8 Å². The minimum Gasteiger partial charge on any atom is -0.464 e. The lowest BCUT2D eigenvalue weighted by Crippen LogP contribution is -2.26. The number of carbonyl (C=O) groups excluding carboxylic acids is 1. The predicted octanol–water partition coefficient (Wildman–Crippen LogP) is 0.824. The van der Waals surface area contributed by atoms with E-state index in [1.807, 2.05) is 13.8 Å². The molecule has 0 aliphatic rings. The molecule has 0 aromatic carbocycles. The fourth-order valence-corrected chi connectivity index (χ4v) is 1.16. The first kappa shape index (κ1) is 13.5. The lowest BCUT2D eigenvalue weighted by molar-refractivity contribution is -0.146. The Bertz CT molecular complexity index is 374. The van der Waals surface area contributed by atoms with Gasteiger partial charge < -0.3 is 15.2 Å². The quantitative estimate of drug-likeness (QED) is 0.746. The highest BCUT2D eigenvalue weighted by Crippen LogP contribution is 2.12. The van der Waals surface area contributed by atoms with Crippen molar-refractivity contribution in [2.75, 3.05) is 19.5 Å². The van der Waals surface area contributed by atoms with E-state index in [-0.39, 0.29) is 18.1 Å². The summed E-state index contributed by atoms with van der Waals surface area (Å²) in [5.41, 5.74) is 5.15. The summed E-state index contributed by atoms with van der Waals surface area (Å²) >= 11 is 0. The number of nitrogen functional groups attached to an aromatic ring is 1. The van der Waals surface area contributed by atoms with E-state index in [4.69, 9.17) is 15.2 Å². The van der Waals surface area contributed by atoms with Crippen LogP contribution in [0, 0.1) is 0 Å². The molecule has 0 unspecified atom stereocenters. The van der Waals surface area contributed by atoms with Crippen molar-refractivity contribution in [2.24, 2.45) is 0 Å². The molecule has 1 rings (SSSR count). The van der Waals surface area contributed by atoms with Crippen LogP contribution in [0.3, 0.4) is 0 Å². The molecule has 1 aromatic rings. The molecular formula is C11H19N3O3. The van der Waals surface area contributed by atoms with Crippen LogP contribution in [-0.2, 0) is 20.8 Å². The average molecular weight is 241 g/mol. The van der Waals surface area contributed by atoms with Crippen LogP contribution in [0.1, 0.15) is 20.3 Å². The maximum Gasteiger partial charge on any atom is 0.327 e. The third kappa shape index (κ3) is 4.86. The highest BCUT2D eigenvalue weighted by molar-refractivity contribution is 5.69. The summed E-state index contributed by atoms with van der Waals surface area (Å²) in [6.45, 7) is 4.28. The zero-order valence-corrected chi connectivity index (χ0v) is 10.5. The normalized spacial score (nSPS) is 11.5. The molecule has 2 N–H and O–H groups in total. The maximum atomic E-state index is 11.4. The SMILES string of the molecule is COC(C)(C)CCOC(=O)Cn1ccc(N)n1. The van der Waals surface area contributed by atoms with Gasteiger partial charge in [-0.05, 0) is 19.9 Å². The molecule has 6 nitrogen and oxygen atoms in total. The fraction of sp³-hybridized carbons (Fsp3) is 0.636. The van der Waals surface area contributed by atoms with Gasteiger partial charge in [0.15, 0.2) is 0 Å². The summed E-state index contributed by atoms with van der Waals surface area (Å²) < 4.78 is 11.7. The van der Waals surface area contributed by atoms with Crippen LogP contribution in [0.4, 0.5) is 5.82 Å². The largest absolute Gasteiger partial charge is 0.464 e. The highest BCUT2D eigenvalue weighted by atomic mass is 16.5. The van der Waals surface area contributed by atoms with Crippen LogP contribution in [0.15, 0.2) is 12.3 Å². The molecule has 0 radical (unpaired) electrons. The van der Waals surface area contributed by atoms with Crippen molar-refractivity contribution >= 4 is 11.8 Å². The molecule has 0 fully saturated rings. The summed E-state index contributed by atoms with van der Waals surface area (Å²) in [4.78, 5) is 11.4. The number of esters is 1. The van der Waals surface area contributed by atoms with Crippen molar-refractivity contribution < 1.29 is 14.3 Å². The number of methoxy groups -OCH3 is 1. The van der Waals surface area contributed by atoms with Crippen LogP contribution in [0.2, 0.25) is 0 Å². The lowest BCUT2D eigenvalue weighted by atomic mass is 10.1. The predicted molar refractivity (Wildman–Crippen MR) is 63.3 cm³/mol. The van der Waals surface area contributed by atoms with Gasteiger partial charge >= 0.3 is 5.97 Å². The van der Waals surface area contributed by atoms with E-state index in [9.17, 15) is 4.79 Å². The number of nitrogens with zero attached hydrogens (tertiary/aromatic N) is 2. The van der Waals surface area contributed by atoms with E-state index < -0.39 is 0 Å². The third-order valence-corrected chi connectivity index (χ3v) is 2.47. The van der Waals surface area contributed by atoms with Crippen LogP contribution in [0.25, 0.3) is 0 Å². The molecule has 0 atom stereocenters. The number of carbonyl (C=O) groups is 1. The molecule has 0 aliphatic heterocycles. The monoisotopic (exact) mass is 241 g/mol. The molecule has 6 heteroatoms. The number of aromatic nitrogens is 2. The Balaban J connectivity index is 2.27. The Labute approximate surface area is 101 Å². The standard InChI is InChI=1S/C11H19N3O3/c1-11(2,16-3)5-7-17-10(15)8-14-6-4-9(12)13-14/h4,6H,5,7-8H2,1-3H3,(H2,12,13). The van der Waals surface area contributed by atoms with Gasteiger partial charge in [0.05, 0.1) is 12.2 Å². The summed E-state index contributed by atoms with van der Waals surface area (Å²) in [6, 6.07) is 1.63. The average Bonchev–Trinajstić information content (AvgIpc) is 2.63. The fourth-order valence-electron chi connectivity index (χ4n) is 1.16. The van der Waals surface area contributed by atoms with Gasteiger partial charge in [0.25, 0.3) is 0 Å². The van der Waals surface area contributed by atoms with Crippen LogP contribution < -0.4 is 5.73 Å². The van der Waals surface area contributed by atoms with Gasteiger partial charge in [-0.2, -0.15) is 5.10 Å². The van der Waals surface area contributed by atoms with Crippen molar-refractivity contribution in [3.8, 4) is 0 Å². The molecule has 0 aliphatic carbocycles. The van der Waals surface area contributed by atoms with Crippen molar-refractivity contribution in [1.29, 1.82) is 0 Å². The van der Waals surface area contributed by atoms with E-state index in [2.05, 4.69) is 5.10 Å². The van der Waals surface area contributed by atoms with Crippen molar-refractivity contribution in [1.82, 2.24) is 9.78 Å². The number of anilines is 1. The minimum atomic E-state index is -0.333. The Morgan fingerprint density at radius 3 is 2.82 bits per heavy atom. The second-order valence-corrected chi connectivity index (χ2v) is 4.37. The minimum absolute atomic E-state index is 0.0740. The second kappa shape index (κ2) is 5.67. The van der Waals surface area contributed by atoms with Gasteiger partial charge in [0.2, 0.25) is 0 Å². The van der Waals surface area contributed by atoms with Gasteiger partial charge in [0, 0.05) is 19.7 Å². The van der Waals surface area contributed by atoms with Gasteiger partial charge in [-0.3, -0.25) is 9.48 Å². The third-order valence-electron chi connectivity index (χ3n) is 2.47. The van der Waals surface area contributed by atoms with E-state index in [0.717, 1.165) is 0 Å². The van der Waals surface area contributed by atoms with Crippen LogP contribution >= 0.6 is 0 Å². The maximum absolute atomic E-state index is 11.4. The van der Waals surface area contributed by atoms with Gasteiger partial charge in [-0.15, -0.1) is 0 Å². The molecular weight excluding hydrogens is 222 g/mol. The first-order valence-corrected chi connectivity index (χ1v) is 5.43. The topological polar surface area (TPSA) is 79.4 Å². The molecule has 0 amide bonds. The van der Waals surface area contributed by atoms with E-state index in [1.165, 1.54) is 4.68 Å². The number of ether oxygens (including phenoxy) is 2. The molecule has 0 spiro atoms. The highest BCUT2D eigenvalue weighted by Gasteiger charge is 2.17. The smallest absolute Gasteiger partial charge is 0.327 e. The molecule has 0 saturated carbocycles. The zero-order chi connectivity index (χ0) is 12.9. The van der Waals surface area contributed by atoms with Gasteiger partial charge in [-0.25, -0.2) is 0 Å². The molecule has 0 bridgehead atoms. The first-order chi connectivity index (χ1) is 7.93. The van der Waals surface area contributed by atoms with Crippen molar-refractivity contribution in [3.05, 3.63) is 12.3 Å². The summed E-state index contributed by atoms with van der Waals surface area (Å²) in [5, 5.41) is 3.89. The Kier molecular flexibility index (Phi) is 4.51. The molecule has 1 heterocycles. The Hall–Kier alpha value is -1.56. The first-order valence-electron chi connectivity index (χ1n) is 5.43. The van der Waals surface area contributed by atoms with Crippen LogP contribution in [-0.4, -0.2) is 35.1 Å². The van der Waals surface area contributed by atoms with Gasteiger partial charge in [0.1, 0.15) is 12.4 Å². The summed E-state index contributed by atoms with van der Waals surface area (Å²) in [6.07, 6.45) is 2.28.